The molecule has 0 saturated heterocycles. The fourth-order valence-electron chi connectivity index (χ4n) is 2.06. The van der Waals surface area contributed by atoms with Gasteiger partial charge in [-0.25, -0.2) is 4.98 Å². The Bertz CT molecular complexity index is 592. The molecular weight excluding hydrogens is 288 g/mol. The number of hydrogen-bond donors (Lipinski definition) is 1. The third kappa shape index (κ3) is 3.92. The summed E-state index contributed by atoms with van der Waals surface area (Å²) in [6, 6.07) is 3.94. The highest BCUT2D eigenvalue weighted by molar-refractivity contribution is 7.13. The molecule has 0 aliphatic carbocycles. The number of carboxylic acid groups (broad SMARTS) is 1. The molecule has 21 heavy (non-hydrogen) atoms. The van der Waals surface area contributed by atoms with Gasteiger partial charge in [-0.1, -0.05) is 19.9 Å². The van der Waals surface area contributed by atoms with Crippen LogP contribution in [-0.4, -0.2) is 34.0 Å². The predicted molar refractivity (Wildman–Crippen MR) is 82.3 cm³/mol. The Balaban J connectivity index is 2.09. The number of carboxylic acids is 1. The van der Waals surface area contributed by atoms with Gasteiger partial charge in [-0.2, -0.15) is 0 Å². The van der Waals surface area contributed by atoms with Gasteiger partial charge < -0.3 is 9.52 Å². The SMILES string of the molecule is CCN(Cc1nc(-c2cccs2)oc1C)CC(C)C(=O)O. The average Bonchev–Trinajstić information content (AvgIpc) is 3.08. The minimum absolute atomic E-state index is 0.395. The van der Waals surface area contributed by atoms with Crippen LogP contribution < -0.4 is 0 Å². The molecule has 2 aromatic rings. The number of aromatic nitrogens is 1. The van der Waals surface area contributed by atoms with E-state index in [1.165, 1.54) is 0 Å². The van der Waals surface area contributed by atoms with Gasteiger partial charge >= 0.3 is 5.97 Å². The molecule has 1 unspecified atom stereocenters. The Morgan fingerprint density at radius 3 is 2.90 bits per heavy atom. The molecule has 0 radical (unpaired) electrons. The summed E-state index contributed by atoms with van der Waals surface area (Å²) in [6.07, 6.45) is 0. The smallest absolute Gasteiger partial charge is 0.307 e. The summed E-state index contributed by atoms with van der Waals surface area (Å²) in [5, 5.41) is 11.0. The Morgan fingerprint density at radius 1 is 1.57 bits per heavy atom. The van der Waals surface area contributed by atoms with Gasteiger partial charge in [0.25, 0.3) is 0 Å². The van der Waals surface area contributed by atoms with Crippen LogP contribution in [0.15, 0.2) is 21.9 Å². The lowest BCUT2D eigenvalue weighted by atomic mass is 10.1. The fraction of sp³-hybridized carbons (Fsp3) is 0.467. The summed E-state index contributed by atoms with van der Waals surface area (Å²) in [5.74, 6) is 0.262. The molecule has 114 valence electrons. The fourth-order valence-corrected chi connectivity index (χ4v) is 2.71. The van der Waals surface area contributed by atoms with Gasteiger partial charge in [-0.3, -0.25) is 9.69 Å². The van der Waals surface area contributed by atoms with Crippen LogP contribution in [0.1, 0.15) is 25.3 Å². The van der Waals surface area contributed by atoms with E-state index in [0.29, 0.717) is 19.0 Å². The van der Waals surface area contributed by atoms with E-state index in [2.05, 4.69) is 9.88 Å². The summed E-state index contributed by atoms with van der Waals surface area (Å²) < 4.78 is 5.71. The Labute approximate surface area is 128 Å². The van der Waals surface area contributed by atoms with Crippen LogP contribution in [0, 0.1) is 12.8 Å². The molecular formula is C15H20N2O3S. The van der Waals surface area contributed by atoms with Gasteiger partial charge in [0.05, 0.1) is 16.5 Å². The topological polar surface area (TPSA) is 66.6 Å². The van der Waals surface area contributed by atoms with E-state index in [4.69, 9.17) is 9.52 Å². The number of oxazole rings is 1. The number of nitrogens with zero attached hydrogens (tertiary/aromatic N) is 2. The maximum absolute atomic E-state index is 11.0. The molecule has 0 aromatic carbocycles. The molecule has 0 aliphatic rings. The Morgan fingerprint density at radius 2 is 2.33 bits per heavy atom. The lowest BCUT2D eigenvalue weighted by Gasteiger charge is -2.21. The number of hydrogen-bond acceptors (Lipinski definition) is 5. The van der Waals surface area contributed by atoms with Crippen LogP contribution >= 0.6 is 11.3 Å². The summed E-state index contributed by atoms with van der Waals surface area (Å²) in [4.78, 5) is 18.6. The molecule has 0 saturated carbocycles. The van der Waals surface area contributed by atoms with E-state index in [1.54, 1.807) is 18.3 Å². The molecule has 0 spiro atoms. The maximum atomic E-state index is 11.0. The Hall–Kier alpha value is -1.66. The highest BCUT2D eigenvalue weighted by atomic mass is 32.1. The average molecular weight is 308 g/mol. The summed E-state index contributed by atoms with van der Waals surface area (Å²) in [5.41, 5.74) is 0.873. The van der Waals surface area contributed by atoms with Gasteiger partial charge in [0.1, 0.15) is 5.76 Å². The number of thiophene rings is 1. The van der Waals surface area contributed by atoms with Gasteiger partial charge in [-0.15, -0.1) is 11.3 Å². The lowest BCUT2D eigenvalue weighted by molar-refractivity contribution is -0.141. The second-order valence-electron chi connectivity index (χ2n) is 5.07. The molecule has 1 atom stereocenters. The van der Waals surface area contributed by atoms with Crippen molar-refractivity contribution in [2.24, 2.45) is 5.92 Å². The first-order chi connectivity index (χ1) is 10.0. The molecule has 2 heterocycles. The minimum Gasteiger partial charge on any atom is -0.481 e. The zero-order valence-electron chi connectivity index (χ0n) is 12.5. The van der Waals surface area contributed by atoms with Gasteiger partial charge in [0, 0.05) is 13.1 Å². The number of rotatable bonds is 7. The van der Waals surface area contributed by atoms with E-state index in [0.717, 1.165) is 22.9 Å². The van der Waals surface area contributed by atoms with E-state index < -0.39 is 11.9 Å². The largest absolute Gasteiger partial charge is 0.481 e. The monoisotopic (exact) mass is 308 g/mol. The second-order valence-corrected chi connectivity index (χ2v) is 6.01. The van der Waals surface area contributed by atoms with Crippen LogP contribution in [0.25, 0.3) is 10.8 Å². The predicted octanol–water partition coefficient (Wildman–Crippen LogP) is 3.25. The van der Waals surface area contributed by atoms with Crippen LogP contribution in [0.4, 0.5) is 0 Å². The number of aryl methyl sites for hydroxylation is 1. The van der Waals surface area contributed by atoms with Crippen molar-refractivity contribution < 1.29 is 14.3 Å². The second kappa shape index (κ2) is 6.87. The van der Waals surface area contributed by atoms with Crippen molar-refractivity contribution in [3.8, 4) is 10.8 Å². The van der Waals surface area contributed by atoms with Crippen molar-refractivity contribution in [3.05, 3.63) is 29.0 Å². The van der Waals surface area contributed by atoms with Crippen LogP contribution in [0.5, 0.6) is 0 Å². The molecule has 6 heteroatoms. The third-order valence-corrected chi connectivity index (χ3v) is 4.26. The first-order valence-corrected chi connectivity index (χ1v) is 7.84. The van der Waals surface area contributed by atoms with Crippen LogP contribution in [-0.2, 0) is 11.3 Å². The highest BCUT2D eigenvalue weighted by Crippen LogP contribution is 2.26. The number of carbonyl (C=O) groups is 1. The van der Waals surface area contributed by atoms with E-state index in [9.17, 15) is 4.79 Å². The molecule has 0 fully saturated rings. The van der Waals surface area contributed by atoms with Crippen molar-refractivity contribution >= 4 is 17.3 Å². The molecule has 2 aromatic heterocycles. The van der Waals surface area contributed by atoms with Crippen LogP contribution in [0.2, 0.25) is 0 Å². The quantitative estimate of drug-likeness (QED) is 0.850. The number of aliphatic carboxylic acids is 1. The van der Waals surface area contributed by atoms with E-state index in [1.807, 2.05) is 31.4 Å². The first-order valence-electron chi connectivity index (χ1n) is 6.96. The maximum Gasteiger partial charge on any atom is 0.307 e. The van der Waals surface area contributed by atoms with Crippen molar-refractivity contribution in [2.45, 2.75) is 27.3 Å². The molecule has 0 aliphatic heterocycles. The molecule has 0 amide bonds. The summed E-state index contributed by atoms with van der Waals surface area (Å²) >= 11 is 1.59. The summed E-state index contributed by atoms with van der Waals surface area (Å²) in [6.45, 7) is 7.52. The molecule has 2 rings (SSSR count). The van der Waals surface area contributed by atoms with Crippen molar-refractivity contribution in [1.29, 1.82) is 0 Å². The van der Waals surface area contributed by atoms with Gasteiger partial charge in [0.2, 0.25) is 5.89 Å². The standard InChI is InChI=1S/C15H20N2O3S/c1-4-17(8-10(2)15(18)19)9-12-11(3)20-14(16-12)13-6-5-7-21-13/h5-7,10H,4,8-9H2,1-3H3,(H,18,19). The zero-order chi connectivity index (χ0) is 15.4. The van der Waals surface area contributed by atoms with Gasteiger partial charge in [0.15, 0.2) is 0 Å². The third-order valence-electron chi connectivity index (χ3n) is 3.40. The highest BCUT2D eigenvalue weighted by Gasteiger charge is 2.18. The first kappa shape index (κ1) is 15.7. The molecule has 1 N–H and O–H groups in total. The summed E-state index contributed by atoms with van der Waals surface area (Å²) in [7, 11) is 0. The Kier molecular flexibility index (Phi) is 5.14. The van der Waals surface area contributed by atoms with Crippen molar-refractivity contribution in [3.63, 3.8) is 0 Å². The van der Waals surface area contributed by atoms with E-state index >= 15 is 0 Å². The normalized spacial score (nSPS) is 12.8. The van der Waals surface area contributed by atoms with Gasteiger partial charge in [-0.05, 0) is 24.9 Å². The lowest BCUT2D eigenvalue weighted by Crippen LogP contribution is -2.31. The molecule has 5 nitrogen and oxygen atoms in total. The minimum atomic E-state index is -0.774. The van der Waals surface area contributed by atoms with Crippen LogP contribution in [0.3, 0.4) is 0 Å². The van der Waals surface area contributed by atoms with Crippen molar-refractivity contribution in [2.75, 3.05) is 13.1 Å². The molecule has 0 bridgehead atoms. The van der Waals surface area contributed by atoms with E-state index in [-0.39, 0.29) is 0 Å². The van der Waals surface area contributed by atoms with Crippen molar-refractivity contribution in [1.82, 2.24) is 9.88 Å². The zero-order valence-corrected chi connectivity index (χ0v) is 13.3.